The van der Waals surface area contributed by atoms with Crippen molar-refractivity contribution in [2.24, 2.45) is 0 Å². The van der Waals surface area contributed by atoms with Crippen molar-refractivity contribution in [3.8, 4) is 0 Å². The number of esters is 1. The van der Waals surface area contributed by atoms with Gasteiger partial charge >= 0.3 is 11.9 Å². The minimum atomic E-state index is -1.79. The molecule has 0 saturated heterocycles. The second-order valence-electron chi connectivity index (χ2n) is 4.87. The van der Waals surface area contributed by atoms with Crippen molar-refractivity contribution >= 4 is 23.4 Å². The fraction of sp³-hybridized carbons (Fsp3) is 0.357. The Balaban J connectivity index is 2.36. The summed E-state index contributed by atoms with van der Waals surface area (Å²) in [5.74, 6) is -2.10. The van der Waals surface area contributed by atoms with Crippen molar-refractivity contribution in [2.45, 2.75) is 25.3 Å². The molecular formula is C14H15NO5. The first-order valence-electron chi connectivity index (χ1n) is 6.10. The third-order valence-corrected chi connectivity index (χ3v) is 3.33. The average Bonchev–Trinajstić information content (AvgIpc) is 2.77. The van der Waals surface area contributed by atoms with Crippen molar-refractivity contribution in [1.29, 1.82) is 0 Å². The fourth-order valence-electron chi connectivity index (χ4n) is 2.39. The van der Waals surface area contributed by atoms with Crippen LogP contribution in [0, 0.1) is 0 Å². The second kappa shape index (κ2) is 4.96. The predicted molar refractivity (Wildman–Crippen MR) is 70.5 cm³/mol. The van der Waals surface area contributed by atoms with Gasteiger partial charge < -0.3 is 15.2 Å². The smallest absolute Gasteiger partial charge is 0.343 e. The number of methoxy groups -OCH3 is 1. The van der Waals surface area contributed by atoms with E-state index in [1.54, 1.807) is 18.2 Å². The summed E-state index contributed by atoms with van der Waals surface area (Å²) in [4.78, 5) is 34.3. The van der Waals surface area contributed by atoms with Gasteiger partial charge in [-0.1, -0.05) is 12.1 Å². The van der Waals surface area contributed by atoms with E-state index in [9.17, 15) is 19.5 Å². The molecule has 20 heavy (non-hydrogen) atoms. The summed E-state index contributed by atoms with van der Waals surface area (Å²) < 4.78 is 4.59. The number of aliphatic carboxylic acids is 1. The number of fused-ring (bicyclic) bond motifs is 1. The highest BCUT2D eigenvalue weighted by Crippen LogP contribution is 2.34. The van der Waals surface area contributed by atoms with Crippen LogP contribution >= 0.6 is 0 Å². The van der Waals surface area contributed by atoms with Gasteiger partial charge in [-0.05, 0) is 24.1 Å². The van der Waals surface area contributed by atoms with Crippen LogP contribution in [0.2, 0.25) is 0 Å². The van der Waals surface area contributed by atoms with Gasteiger partial charge in [0.25, 0.3) is 0 Å². The summed E-state index contributed by atoms with van der Waals surface area (Å²) >= 11 is 0. The monoisotopic (exact) mass is 277 g/mol. The quantitative estimate of drug-likeness (QED) is 0.624. The largest absolute Gasteiger partial charge is 0.479 e. The highest BCUT2D eigenvalue weighted by molar-refractivity contribution is 6.09. The molecule has 106 valence electrons. The second-order valence-corrected chi connectivity index (χ2v) is 4.87. The van der Waals surface area contributed by atoms with E-state index in [1.807, 2.05) is 0 Å². The van der Waals surface area contributed by atoms with Crippen LogP contribution < -0.4 is 5.32 Å². The van der Waals surface area contributed by atoms with Crippen molar-refractivity contribution in [3.63, 3.8) is 0 Å². The number of hydrogen-bond donors (Lipinski definition) is 2. The first-order chi connectivity index (χ1) is 9.39. The highest BCUT2D eigenvalue weighted by Gasteiger charge is 2.51. The van der Waals surface area contributed by atoms with Crippen LogP contribution in [0.15, 0.2) is 18.2 Å². The maximum Gasteiger partial charge on any atom is 0.343 e. The van der Waals surface area contributed by atoms with Crippen molar-refractivity contribution in [2.75, 3.05) is 12.4 Å². The molecule has 1 aliphatic heterocycles. The number of ketones is 1. The highest BCUT2D eigenvalue weighted by atomic mass is 16.5. The molecule has 0 amide bonds. The summed E-state index contributed by atoms with van der Waals surface area (Å²) in [7, 11) is 1.15. The molecule has 0 spiro atoms. The fourth-order valence-corrected chi connectivity index (χ4v) is 2.39. The summed E-state index contributed by atoms with van der Waals surface area (Å²) in [5, 5.41) is 12.1. The molecule has 1 aromatic rings. The first kappa shape index (κ1) is 14.0. The Morgan fingerprint density at radius 2 is 2.10 bits per heavy atom. The lowest BCUT2D eigenvalue weighted by molar-refractivity contribution is -0.157. The minimum Gasteiger partial charge on any atom is -0.479 e. The van der Waals surface area contributed by atoms with Gasteiger partial charge in [-0.3, -0.25) is 4.79 Å². The summed E-state index contributed by atoms with van der Waals surface area (Å²) in [6, 6.07) is 5.17. The van der Waals surface area contributed by atoms with Gasteiger partial charge in [-0.25, -0.2) is 9.59 Å². The molecule has 6 nitrogen and oxygen atoms in total. The lowest BCUT2D eigenvalue weighted by Gasteiger charge is -2.21. The summed E-state index contributed by atoms with van der Waals surface area (Å²) in [6.07, 6.45) is 0.279. The lowest BCUT2D eigenvalue weighted by atomic mass is 9.94. The van der Waals surface area contributed by atoms with E-state index in [0.29, 0.717) is 11.3 Å². The van der Waals surface area contributed by atoms with Gasteiger partial charge in [-0.15, -0.1) is 0 Å². The molecule has 2 rings (SSSR count). The summed E-state index contributed by atoms with van der Waals surface area (Å²) in [5.41, 5.74) is 0.275. The van der Waals surface area contributed by atoms with Gasteiger partial charge in [0.1, 0.15) is 5.78 Å². The molecule has 1 aliphatic rings. The number of anilines is 1. The van der Waals surface area contributed by atoms with Crippen LogP contribution in [0.1, 0.15) is 18.1 Å². The number of carbonyl (C=O) groups excluding carboxylic acids is 2. The third-order valence-electron chi connectivity index (χ3n) is 3.33. The van der Waals surface area contributed by atoms with Crippen LogP contribution in [-0.2, 0) is 32.0 Å². The van der Waals surface area contributed by atoms with Crippen molar-refractivity contribution in [1.82, 2.24) is 0 Å². The third kappa shape index (κ3) is 2.24. The number of carbonyl (C=O) groups is 3. The molecule has 6 heteroatoms. The van der Waals surface area contributed by atoms with Gasteiger partial charge in [0.15, 0.2) is 0 Å². The Morgan fingerprint density at radius 3 is 2.65 bits per heavy atom. The molecular weight excluding hydrogens is 262 g/mol. The zero-order valence-corrected chi connectivity index (χ0v) is 11.2. The number of ether oxygens (including phenoxy) is 1. The van der Waals surface area contributed by atoms with Crippen LogP contribution in [0.25, 0.3) is 0 Å². The Labute approximate surface area is 115 Å². The molecule has 0 aromatic heterocycles. The minimum absolute atomic E-state index is 0.00388. The van der Waals surface area contributed by atoms with Crippen LogP contribution in [0.5, 0.6) is 0 Å². The molecule has 1 heterocycles. The Morgan fingerprint density at radius 1 is 1.40 bits per heavy atom. The molecule has 1 aromatic carbocycles. The number of hydrogen-bond acceptors (Lipinski definition) is 5. The van der Waals surface area contributed by atoms with Gasteiger partial charge in [0.05, 0.1) is 7.11 Å². The predicted octanol–water partition coefficient (Wildman–Crippen LogP) is 0.782. The van der Waals surface area contributed by atoms with E-state index in [0.717, 1.165) is 12.7 Å². The molecule has 1 unspecified atom stereocenters. The SMILES string of the molecule is COC(=O)C1(C(=O)O)Cc2cc(CC(C)=O)ccc2N1. The Hall–Kier alpha value is -2.37. The molecule has 0 bridgehead atoms. The molecule has 0 radical (unpaired) electrons. The van der Waals surface area contributed by atoms with Crippen molar-refractivity contribution < 1.29 is 24.2 Å². The van der Waals surface area contributed by atoms with Crippen molar-refractivity contribution in [3.05, 3.63) is 29.3 Å². The van der Waals surface area contributed by atoms with Gasteiger partial charge in [0.2, 0.25) is 5.54 Å². The standard InChI is InChI=1S/C14H15NO5/c1-8(16)5-9-3-4-11-10(6-9)7-14(15-11,12(17)18)13(19)20-2/h3-4,6,15H,5,7H2,1-2H3,(H,17,18). The normalized spacial score (nSPS) is 19.9. The zero-order chi connectivity index (χ0) is 14.9. The van der Waals surface area contributed by atoms with E-state index < -0.39 is 17.5 Å². The summed E-state index contributed by atoms with van der Waals surface area (Å²) in [6.45, 7) is 1.49. The Kier molecular flexibility index (Phi) is 3.48. The molecule has 0 saturated carbocycles. The van der Waals surface area contributed by atoms with E-state index in [-0.39, 0.29) is 18.6 Å². The maximum absolute atomic E-state index is 11.8. The van der Waals surface area contributed by atoms with E-state index in [4.69, 9.17) is 0 Å². The maximum atomic E-state index is 11.8. The lowest BCUT2D eigenvalue weighted by Crippen LogP contribution is -2.52. The number of carboxylic acid groups (broad SMARTS) is 1. The number of Topliss-reactive ketones (excluding diaryl/α,β-unsaturated/α-hetero) is 1. The zero-order valence-electron chi connectivity index (χ0n) is 11.2. The topological polar surface area (TPSA) is 92.7 Å². The van der Waals surface area contributed by atoms with Crippen LogP contribution in [0.3, 0.4) is 0 Å². The Bertz CT molecular complexity index is 595. The molecule has 2 N–H and O–H groups in total. The number of benzene rings is 1. The molecule has 0 aliphatic carbocycles. The number of rotatable bonds is 4. The van der Waals surface area contributed by atoms with Crippen LogP contribution in [0.4, 0.5) is 5.69 Å². The average molecular weight is 277 g/mol. The number of nitrogens with one attached hydrogen (secondary N) is 1. The van der Waals surface area contributed by atoms with E-state index >= 15 is 0 Å². The van der Waals surface area contributed by atoms with Gasteiger partial charge in [0, 0.05) is 18.5 Å². The molecule has 0 fully saturated rings. The van der Waals surface area contributed by atoms with E-state index in [1.165, 1.54) is 6.92 Å². The number of carboxylic acids is 1. The van der Waals surface area contributed by atoms with E-state index in [2.05, 4.69) is 10.1 Å². The molecule has 1 atom stereocenters. The first-order valence-corrected chi connectivity index (χ1v) is 6.10. The van der Waals surface area contributed by atoms with Gasteiger partial charge in [-0.2, -0.15) is 0 Å². The van der Waals surface area contributed by atoms with Crippen LogP contribution in [-0.4, -0.2) is 35.5 Å².